The Morgan fingerprint density at radius 3 is 2.45 bits per heavy atom. The summed E-state index contributed by atoms with van der Waals surface area (Å²) < 4.78 is 0.0424. The SMILES string of the molecule is O=C(O)CC(C(=O)O)N1C(=O)/C(=C\c2ccccc2)SC1=S. The lowest BCUT2D eigenvalue weighted by Crippen LogP contribution is -2.45. The molecule has 0 spiro atoms. The van der Waals surface area contributed by atoms with E-state index in [4.69, 9.17) is 22.4 Å². The van der Waals surface area contributed by atoms with Gasteiger partial charge >= 0.3 is 11.9 Å². The van der Waals surface area contributed by atoms with E-state index in [1.54, 1.807) is 30.3 Å². The Morgan fingerprint density at radius 1 is 1.27 bits per heavy atom. The third-order valence-corrected chi connectivity index (χ3v) is 4.22. The van der Waals surface area contributed by atoms with Crippen molar-refractivity contribution in [1.29, 1.82) is 0 Å². The van der Waals surface area contributed by atoms with Crippen LogP contribution >= 0.6 is 24.0 Å². The lowest BCUT2D eigenvalue weighted by atomic mass is 10.1. The molecule has 0 radical (unpaired) electrons. The number of thioether (sulfide) groups is 1. The number of carboxylic acids is 2. The minimum atomic E-state index is -1.51. The molecule has 0 bridgehead atoms. The molecule has 1 fully saturated rings. The summed E-state index contributed by atoms with van der Waals surface area (Å²) in [6.07, 6.45) is 0.888. The zero-order valence-corrected chi connectivity index (χ0v) is 12.8. The van der Waals surface area contributed by atoms with Gasteiger partial charge in [-0.25, -0.2) is 4.79 Å². The van der Waals surface area contributed by atoms with Crippen LogP contribution in [0.3, 0.4) is 0 Å². The summed E-state index contributed by atoms with van der Waals surface area (Å²) in [4.78, 5) is 35.5. The predicted molar refractivity (Wildman–Crippen MR) is 85.1 cm³/mol. The normalized spacial score (nSPS) is 17.8. The van der Waals surface area contributed by atoms with E-state index < -0.39 is 30.3 Å². The van der Waals surface area contributed by atoms with Crippen LogP contribution in [0.4, 0.5) is 0 Å². The van der Waals surface area contributed by atoms with Crippen molar-refractivity contribution in [1.82, 2.24) is 4.90 Å². The van der Waals surface area contributed by atoms with Gasteiger partial charge in [0, 0.05) is 0 Å². The molecule has 0 aliphatic carbocycles. The van der Waals surface area contributed by atoms with Crippen molar-refractivity contribution in [3.05, 3.63) is 40.8 Å². The number of amides is 1. The van der Waals surface area contributed by atoms with Crippen molar-refractivity contribution in [2.24, 2.45) is 0 Å². The molecule has 1 atom stereocenters. The molecule has 1 heterocycles. The lowest BCUT2D eigenvalue weighted by Gasteiger charge is -2.21. The number of carbonyl (C=O) groups is 3. The van der Waals surface area contributed by atoms with E-state index in [2.05, 4.69) is 0 Å². The summed E-state index contributed by atoms with van der Waals surface area (Å²) >= 11 is 5.99. The predicted octanol–water partition coefficient (Wildman–Crippen LogP) is 1.82. The Balaban J connectivity index is 2.30. The monoisotopic (exact) mass is 337 g/mol. The van der Waals surface area contributed by atoms with E-state index in [0.29, 0.717) is 0 Å². The molecular formula is C14H11NO5S2. The molecule has 0 saturated carbocycles. The van der Waals surface area contributed by atoms with Gasteiger partial charge in [0.2, 0.25) is 0 Å². The first-order valence-corrected chi connectivity index (χ1v) is 7.39. The van der Waals surface area contributed by atoms with Crippen LogP contribution in [-0.4, -0.2) is 43.3 Å². The highest BCUT2D eigenvalue weighted by Gasteiger charge is 2.41. The number of carboxylic acid groups (broad SMARTS) is 2. The molecule has 8 heteroatoms. The minimum absolute atomic E-state index is 0.0424. The van der Waals surface area contributed by atoms with E-state index in [-0.39, 0.29) is 9.23 Å². The molecule has 2 N–H and O–H groups in total. The highest BCUT2D eigenvalue weighted by atomic mass is 32.2. The third kappa shape index (κ3) is 3.52. The van der Waals surface area contributed by atoms with Crippen molar-refractivity contribution < 1.29 is 24.6 Å². The Morgan fingerprint density at radius 2 is 1.91 bits per heavy atom. The summed E-state index contributed by atoms with van der Waals surface area (Å²) in [6.45, 7) is 0. The van der Waals surface area contributed by atoms with Gasteiger partial charge in [-0.1, -0.05) is 54.3 Å². The molecule has 1 aromatic carbocycles. The fraction of sp³-hybridized carbons (Fsp3) is 0.143. The van der Waals surface area contributed by atoms with Crippen molar-refractivity contribution in [2.75, 3.05) is 0 Å². The molecule has 1 unspecified atom stereocenters. The van der Waals surface area contributed by atoms with E-state index in [1.807, 2.05) is 6.07 Å². The topological polar surface area (TPSA) is 94.9 Å². The van der Waals surface area contributed by atoms with Crippen molar-refractivity contribution in [3.63, 3.8) is 0 Å². The number of hydrogen-bond donors (Lipinski definition) is 2. The number of hydrogen-bond acceptors (Lipinski definition) is 5. The van der Waals surface area contributed by atoms with Crippen LogP contribution in [0.25, 0.3) is 6.08 Å². The molecular weight excluding hydrogens is 326 g/mol. The molecule has 6 nitrogen and oxygen atoms in total. The van der Waals surface area contributed by atoms with Crippen molar-refractivity contribution in [2.45, 2.75) is 12.5 Å². The largest absolute Gasteiger partial charge is 0.481 e. The number of benzene rings is 1. The van der Waals surface area contributed by atoms with Crippen LogP contribution in [0.15, 0.2) is 35.2 Å². The second kappa shape index (κ2) is 6.71. The standard InChI is InChI=1S/C14H11NO5S2/c16-11(17)7-9(13(19)20)15-12(18)10(22-14(15)21)6-8-4-2-1-3-5-8/h1-6,9H,7H2,(H,16,17)(H,19,20)/b10-6+. The first kappa shape index (κ1) is 16.2. The average Bonchev–Trinajstić information content (AvgIpc) is 2.72. The molecule has 1 aliphatic rings. The lowest BCUT2D eigenvalue weighted by molar-refractivity contribution is -0.150. The highest BCUT2D eigenvalue weighted by Crippen LogP contribution is 2.34. The van der Waals surface area contributed by atoms with Gasteiger partial charge in [-0.15, -0.1) is 0 Å². The zero-order valence-electron chi connectivity index (χ0n) is 11.1. The number of nitrogens with zero attached hydrogens (tertiary/aromatic N) is 1. The van der Waals surface area contributed by atoms with Gasteiger partial charge in [-0.3, -0.25) is 14.5 Å². The fourth-order valence-corrected chi connectivity index (χ4v) is 3.26. The maximum atomic E-state index is 12.3. The van der Waals surface area contributed by atoms with Crippen LogP contribution in [0.1, 0.15) is 12.0 Å². The maximum absolute atomic E-state index is 12.3. The van der Waals surface area contributed by atoms with Crippen molar-refractivity contribution in [3.8, 4) is 0 Å². The van der Waals surface area contributed by atoms with Gasteiger partial charge < -0.3 is 10.2 Å². The van der Waals surface area contributed by atoms with Crippen LogP contribution in [0.5, 0.6) is 0 Å². The smallest absolute Gasteiger partial charge is 0.327 e. The summed E-state index contributed by atoms with van der Waals surface area (Å²) in [6, 6.07) is 7.51. The minimum Gasteiger partial charge on any atom is -0.481 e. The molecule has 1 amide bonds. The zero-order chi connectivity index (χ0) is 16.3. The second-order valence-electron chi connectivity index (χ2n) is 4.41. The Bertz CT molecular complexity index is 671. The fourth-order valence-electron chi connectivity index (χ4n) is 1.90. The van der Waals surface area contributed by atoms with Crippen LogP contribution < -0.4 is 0 Å². The first-order valence-electron chi connectivity index (χ1n) is 6.17. The Hall–Kier alpha value is -2.19. The molecule has 114 valence electrons. The molecule has 2 rings (SSSR count). The summed E-state index contributed by atoms with van der Waals surface area (Å²) in [5.74, 6) is -3.30. The summed E-state index contributed by atoms with van der Waals surface area (Å²) in [5, 5.41) is 17.9. The Labute approximate surface area is 135 Å². The second-order valence-corrected chi connectivity index (χ2v) is 6.09. The van der Waals surface area contributed by atoms with E-state index in [0.717, 1.165) is 22.2 Å². The highest BCUT2D eigenvalue weighted by molar-refractivity contribution is 8.26. The quantitative estimate of drug-likeness (QED) is 0.625. The van der Waals surface area contributed by atoms with Gasteiger partial charge in [0.25, 0.3) is 5.91 Å². The van der Waals surface area contributed by atoms with E-state index in [9.17, 15) is 14.4 Å². The van der Waals surface area contributed by atoms with Gasteiger partial charge in [-0.2, -0.15) is 0 Å². The summed E-state index contributed by atoms with van der Waals surface area (Å²) in [7, 11) is 0. The van der Waals surface area contributed by atoms with Gasteiger partial charge in [0.15, 0.2) is 0 Å². The maximum Gasteiger partial charge on any atom is 0.327 e. The molecule has 1 aromatic rings. The van der Waals surface area contributed by atoms with Gasteiger partial charge in [0.05, 0.1) is 11.3 Å². The van der Waals surface area contributed by atoms with Gasteiger partial charge in [-0.05, 0) is 11.6 Å². The number of rotatable bonds is 5. The average molecular weight is 337 g/mol. The van der Waals surface area contributed by atoms with Crippen molar-refractivity contribution >= 4 is 52.2 Å². The Kier molecular flexibility index (Phi) is 4.94. The van der Waals surface area contributed by atoms with E-state index in [1.165, 1.54) is 0 Å². The number of thiocarbonyl (C=S) groups is 1. The number of carbonyl (C=O) groups excluding carboxylic acids is 1. The molecule has 0 aromatic heterocycles. The molecule has 1 saturated heterocycles. The van der Waals surface area contributed by atoms with E-state index >= 15 is 0 Å². The molecule has 1 aliphatic heterocycles. The van der Waals surface area contributed by atoms with Crippen LogP contribution in [0, 0.1) is 0 Å². The van der Waals surface area contributed by atoms with Crippen LogP contribution in [-0.2, 0) is 14.4 Å². The van der Waals surface area contributed by atoms with Crippen LogP contribution in [0.2, 0.25) is 0 Å². The summed E-state index contributed by atoms with van der Waals surface area (Å²) in [5.41, 5.74) is 0.771. The number of aliphatic carboxylic acids is 2. The first-order chi connectivity index (χ1) is 10.4. The van der Waals surface area contributed by atoms with Gasteiger partial charge in [0.1, 0.15) is 10.4 Å². The molecule has 22 heavy (non-hydrogen) atoms. The third-order valence-electron chi connectivity index (χ3n) is 2.89.